The number of nitrogens with zero attached hydrogens (tertiary/aromatic N) is 1. The summed E-state index contributed by atoms with van der Waals surface area (Å²) in [6.45, 7) is 0. The van der Waals surface area contributed by atoms with E-state index in [0.29, 0.717) is 6.07 Å². The summed E-state index contributed by atoms with van der Waals surface area (Å²) in [5, 5.41) is 0.0459. The lowest BCUT2D eigenvalue weighted by Crippen LogP contribution is -2.19. The largest absolute Gasteiger partial charge is 0.573 e. The van der Waals surface area contributed by atoms with Crippen LogP contribution in [0.15, 0.2) is 6.07 Å². The average molecular weight is 302 g/mol. The van der Waals surface area contributed by atoms with Crippen LogP contribution in [0.4, 0.5) is 17.6 Å². The minimum absolute atomic E-state index is 0.00187. The first-order valence-corrected chi connectivity index (χ1v) is 4.96. The second-order valence-corrected chi connectivity index (χ2v) is 3.17. The molecule has 88 valence electrons. The fraction of sp³-hybridized carbons (Fsp3) is 0.250. The molecule has 0 amide bonds. The summed E-state index contributed by atoms with van der Waals surface area (Å²) in [6.07, 6.45) is -4.76. The Bertz CT molecular complexity index is 408. The third kappa shape index (κ3) is 3.16. The molecule has 1 aromatic rings. The molecule has 1 heterocycles. The van der Waals surface area contributed by atoms with Gasteiger partial charge in [-0.25, -0.2) is 4.98 Å². The summed E-state index contributed by atoms with van der Waals surface area (Å²) in [7, 11) is 0. The molecule has 0 aliphatic carbocycles. The van der Waals surface area contributed by atoms with E-state index < -0.39 is 18.1 Å². The Kier molecular flexibility index (Phi) is 3.84. The fourth-order valence-corrected chi connectivity index (χ4v) is 1.38. The van der Waals surface area contributed by atoms with E-state index in [9.17, 15) is 22.4 Å². The zero-order chi connectivity index (χ0) is 12.3. The number of carbonyl (C=O) groups is 1. The first-order chi connectivity index (χ1) is 7.37. The highest BCUT2D eigenvalue weighted by Crippen LogP contribution is 2.26. The maximum Gasteiger partial charge on any atom is 0.573 e. The van der Waals surface area contributed by atoms with Gasteiger partial charge in [0.25, 0.3) is 5.95 Å². The molecule has 0 bridgehead atoms. The summed E-state index contributed by atoms with van der Waals surface area (Å²) >= 11 is 2.92. The van der Waals surface area contributed by atoms with E-state index in [1.807, 2.05) is 0 Å². The molecule has 3 nitrogen and oxygen atoms in total. The molecule has 0 saturated heterocycles. The van der Waals surface area contributed by atoms with Crippen LogP contribution in [-0.4, -0.2) is 17.6 Å². The van der Waals surface area contributed by atoms with Gasteiger partial charge in [0, 0.05) is 10.9 Å². The van der Waals surface area contributed by atoms with Gasteiger partial charge in [-0.2, -0.15) is 4.39 Å². The first kappa shape index (κ1) is 12.9. The fourth-order valence-electron chi connectivity index (χ4n) is 0.928. The van der Waals surface area contributed by atoms with Crippen LogP contribution in [0.3, 0.4) is 0 Å². The molecule has 0 atom stereocenters. The molecule has 1 rings (SSSR count). The molecular formula is C8H4BrF4NO2. The lowest BCUT2D eigenvalue weighted by atomic mass is 10.2. The van der Waals surface area contributed by atoms with Crippen molar-refractivity contribution in [2.45, 2.75) is 11.7 Å². The Morgan fingerprint density at radius 2 is 2.12 bits per heavy atom. The topological polar surface area (TPSA) is 39.2 Å². The Labute approximate surface area is 95.6 Å². The van der Waals surface area contributed by atoms with E-state index in [1.165, 1.54) is 0 Å². The Balaban J connectivity index is 3.16. The van der Waals surface area contributed by atoms with Crippen LogP contribution in [0.1, 0.15) is 16.1 Å². The van der Waals surface area contributed by atoms with Crippen molar-refractivity contribution in [3.05, 3.63) is 23.3 Å². The highest BCUT2D eigenvalue weighted by molar-refractivity contribution is 9.08. The Morgan fingerprint density at radius 1 is 1.50 bits per heavy atom. The predicted octanol–water partition coefficient (Wildman–Crippen LogP) is 2.83. The molecule has 0 aromatic carbocycles. The van der Waals surface area contributed by atoms with Crippen molar-refractivity contribution < 1.29 is 27.1 Å². The number of ether oxygens (including phenoxy) is 1. The molecule has 16 heavy (non-hydrogen) atoms. The molecule has 0 saturated carbocycles. The SMILES string of the molecule is O=Cc1cc(OC(F)(F)F)c(F)nc1CBr. The minimum Gasteiger partial charge on any atom is -0.401 e. The molecule has 0 spiro atoms. The van der Waals surface area contributed by atoms with Gasteiger partial charge in [-0.15, -0.1) is 13.2 Å². The molecule has 0 N–H and O–H groups in total. The number of halogens is 5. The van der Waals surface area contributed by atoms with Crippen molar-refractivity contribution in [2.75, 3.05) is 0 Å². The van der Waals surface area contributed by atoms with E-state index in [4.69, 9.17) is 0 Å². The molecule has 0 fully saturated rings. The minimum atomic E-state index is -5.03. The van der Waals surface area contributed by atoms with E-state index >= 15 is 0 Å². The van der Waals surface area contributed by atoms with Gasteiger partial charge >= 0.3 is 6.36 Å². The summed E-state index contributed by atoms with van der Waals surface area (Å²) in [5.41, 5.74) is -0.167. The molecule has 0 aliphatic rings. The number of rotatable bonds is 3. The molecule has 8 heteroatoms. The number of aldehydes is 1. The monoisotopic (exact) mass is 301 g/mol. The predicted molar refractivity (Wildman–Crippen MR) is 48.9 cm³/mol. The summed E-state index contributed by atoms with van der Waals surface area (Å²) in [4.78, 5) is 13.7. The number of carbonyl (C=O) groups excluding carboxylic acids is 1. The van der Waals surface area contributed by atoms with Crippen LogP contribution >= 0.6 is 15.9 Å². The van der Waals surface area contributed by atoms with Gasteiger partial charge in [0.05, 0.1) is 5.69 Å². The third-order valence-electron chi connectivity index (χ3n) is 1.54. The van der Waals surface area contributed by atoms with Gasteiger partial charge < -0.3 is 4.74 Å². The quantitative estimate of drug-likeness (QED) is 0.373. The summed E-state index contributed by atoms with van der Waals surface area (Å²) in [6, 6.07) is 0.652. The zero-order valence-corrected chi connectivity index (χ0v) is 9.10. The van der Waals surface area contributed by atoms with Gasteiger partial charge in [0.15, 0.2) is 12.0 Å². The number of pyridine rings is 1. The Morgan fingerprint density at radius 3 is 2.56 bits per heavy atom. The molecule has 0 unspecified atom stereocenters. The molecule has 0 radical (unpaired) electrons. The van der Waals surface area contributed by atoms with Gasteiger partial charge in [0.2, 0.25) is 0 Å². The lowest BCUT2D eigenvalue weighted by molar-refractivity contribution is -0.275. The highest BCUT2D eigenvalue weighted by Gasteiger charge is 2.33. The van der Waals surface area contributed by atoms with E-state index in [0.717, 1.165) is 0 Å². The zero-order valence-electron chi connectivity index (χ0n) is 7.52. The number of hydrogen-bond donors (Lipinski definition) is 0. The standard InChI is InChI=1S/C8H4BrF4NO2/c9-2-5-4(3-15)1-6(7(10)14-5)16-8(11,12)13/h1,3H,2H2. The maximum atomic E-state index is 13.0. The van der Waals surface area contributed by atoms with Crippen molar-refractivity contribution in [1.29, 1.82) is 0 Å². The maximum absolute atomic E-state index is 13.0. The van der Waals surface area contributed by atoms with Crippen LogP contribution in [0.5, 0.6) is 5.75 Å². The molecular weight excluding hydrogens is 298 g/mol. The van der Waals surface area contributed by atoms with Gasteiger partial charge in [-0.1, -0.05) is 15.9 Å². The van der Waals surface area contributed by atoms with Crippen LogP contribution < -0.4 is 4.74 Å². The van der Waals surface area contributed by atoms with E-state index in [1.54, 1.807) is 0 Å². The van der Waals surface area contributed by atoms with Crippen LogP contribution in [0.2, 0.25) is 0 Å². The number of aromatic nitrogens is 1. The van der Waals surface area contributed by atoms with E-state index in [-0.39, 0.29) is 22.9 Å². The summed E-state index contributed by atoms with van der Waals surface area (Å²) < 4.78 is 51.8. The first-order valence-electron chi connectivity index (χ1n) is 3.83. The third-order valence-corrected chi connectivity index (χ3v) is 2.07. The average Bonchev–Trinajstić information content (AvgIpc) is 2.18. The smallest absolute Gasteiger partial charge is 0.401 e. The molecule has 1 aromatic heterocycles. The second kappa shape index (κ2) is 4.77. The van der Waals surface area contributed by atoms with Crippen molar-refractivity contribution >= 4 is 22.2 Å². The lowest BCUT2D eigenvalue weighted by Gasteiger charge is -2.10. The van der Waals surface area contributed by atoms with Crippen LogP contribution in [0, 0.1) is 5.95 Å². The van der Waals surface area contributed by atoms with Gasteiger partial charge in [-0.3, -0.25) is 4.79 Å². The van der Waals surface area contributed by atoms with Crippen molar-refractivity contribution in [2.24, 2.45) is 0 Å². The Hall–Kier alpha value is -1.18. The van der Waals surface area contributed by atoms with Crippen LogP contribution in [-0.2, 0) is 5.33 Å². The normalized spacial score (nSPS) is 11.3. The molecule has 0 aliphatic heterocycles. The summed E-state index contributed by atoms with van der Waals surface area (Å²) in [5.74, 6) is -2.54. The van der Waals surface area contributed by atoms with Crippen LogP contribution in [0.25, 0.3) is 0 Å². The second-order valence-electron chi connectivity index (χ2n) is 2.61. The highest BCUT2D eigenvalue weighted by atomic mass is 79.9. The van der Waals surface area contributed by atoms with Crippen molar-refractivity contribution in [1.82, 2.24) is 4.98 Å². The van der Waals surface area contributed by atoms with Crippen molar-refractivity contribution in [3.63, 3.8) is 0 Å². The van der Waals surface area contributed by atoms with Gasteiger partial charge in [-0.05, 0) is 6.07 Å². The van der Waals surface area contributed by atoms with Gasteiger partial charge in [0.1, 0.15) is 0 Å². The number of alkyl halides is 4. The number of hydrogen-bond acceptors (Lipinski definition) is 3. The van der Waals surface area contributed by atoms with E-state index in [2.05, 4.69) is 25.7 Å². The van der Waals surface area contributed by atoms with Crippen molar-refractivity contribution in [3.8, 4) is 5.75 Å².